The Morgan fingerprint density at radius 3 is 2.65 bits per heavy atom. The number of hydrogen-bond acceptors (Lipinski definition) is 6. The number of benzene rings is 1. The molecule has 0 bridgehead atoms. The van der Waals surface area contributed by atoms with Crippen LogP contribution in [0.3, 0.4) is 0 Å². The zero-order chi connectivity index (χ0) is 16.4. The maximum Gasteiger partial charge on any atom is 0.267 e. The number of carbonyl (C=O) groups excluding carboxylic acids is 1. The molecule has 0 spiro atoms. The van der Waals surface area contributed by atoms with Crippen LogP contribution in [0.15, 0.2) is 30.3 Å². The molecule has 3 rings (SSSR count). The molecule has 2 heterocycles. The van der Waals surface area contributed by atoms with Gasteiger partial charge in [-0.1, -0.05) is 34.8 Å². The van der Waals surface area contributed by atoms with Crippen molar-refractivity contribution in [3.8, 4) is 0 Å². The Labute approximate surface area is 139 Å². The van der Waals surface area contributed by atoms with Crippen LogP contribution < -0.4 is 0 Å². The summed E-state index contributed by atoms with van der Waals surface area (Å²) < 4.78 is 28.9. The second-order valence-corrected chi connectivity index (χ2v) is 8.59. The van der Waals surface area contributed by atoms with E-state index in [9.17, 15) is 13.2 Å². The Morgan fingerprint density at radius 1 is 1.26 bits per heavy atom. The number of sulfone groups is 1. The van der Waals surface area contributed by atoms with Crippen molar-refractivity contribution in [2.45, 2.75) is 18.6 Å². The molecule has 0 aliphatic carbocycles. The Morgan fingerprint density at radius 2 is 2.00 bits per heavy atom. The fourth-order valence-electron chi connectivity index (χ4n) is 2.76. The topological polar surface area (TPSA) is 80.2 Å². The molecule has 0 unspecified atom stereocenters. The molecule has 1 fully saturated rings. The molecule has 1 aliphatic rings. The first kappa shape index (κ1) is 16.1. The second kappa shape index (κ2) is 6.37. The van der Waals surface area contributed by atoms with E-state index in [-0.39, 0.29) is 18.2 Å². The molecule has 6 nitrogen and oxygen atoms in total. The number of carbonyl (C=O) groups is 1. The van der Waals surface area contributed by atoms with Gasteiger partial charge in [-0.15, -0.1) is 5.10 Å². The molecule has 1 aromatic carbocycles. The molecule has 0 radical (unpaired) electrons. The van der Waals surface area contributed by atoms with Crippen molar-refractivity contribution >= 4 is 27.3 Å². The largest absolute Gasteiger partial charge is 0.337 e. The Bertz CT molecular complexity index is 802. The summed E-state index contributed by atoms with van der Waals surface area (Å²) in [6, 6.07) is 9.20. The molecule has 122 valence electrons. The lowest BCUT2D eigenvalue weighted by Crippen LogP contribution is -2.33. The highest BCUT2D eigenvalue weighted by molar-refractivity contribution is 7.91. The molecule has 2 aromatic rings. The second-order valence-electron chi connectivity index (χ2n) is 5.53. The van der Waals surface area contributed by atoms with Gasteiger partial charge in [-0.2, -0.15) is 0 Å². The van der Waals surface area contributed by atoms with Crippen molar-refractivity contribution in [3.05, 3.63) is 46.5 Å². The number of aryl methyl sites for hydroxylation is 1. The van der Waals surface area contributed by atoms with Gasteiger partial charge in [0.05, 0.1) is 16.7 Å². The molecule has 0 saturated carbocycles. The monoisotopic (exact) mass is 351 g/mol. The van der Waals surface area contributed by atoms with Gasteiger partial charge in [0, 0.05) is 13.1 Å². The predicted molar refractivity (Wildman–Crippen MR) is 88.1 cm³/mol. The lowest BCUT2D eigenvalue weighted by Gasteiger charge is -2.19. The molecule has 1 aliphatic heterocycles. The Balaban J connectivity index is 1.83. The summed E-state index contributed by atoms with van der Waals surface area (Å²) in [5, 5.41) is 3.30. The van der Waals surface area contributed by atoms with Gasteiger partial charge in [-0.25, -0.2) is 8.42 Å². The minimum Gasteiger partial charge on any atom is -0.337 e. The van der Waals surface area contributed by atoms with Gasteiger partial charge in [0.25, 0.3) is 5.91 Å². The summed E-state index contributed by atoms with van der Waals surface area (Å²) in [5.41, 5.74) is 1.38. The van der Waals surface area contributed by atoms with E-state index in [0.29, 0.717) is 23.5 Å². The van der Waals surface area contributed by atoms with Crippen molar-refractivity contribution in [2.24, 2.45) is 0 Å². The summed E-state index contributed by atoms with van der Waals surface area (Å²) in [4.78, 5) is 14.6. The van der Waals surface area contributed by atoms with Gasteiger partial charge in [-0.3, -0.25) is 4.79 Å². The van der Waals surface area contributed by atoms with E-state index < -0.39 is 15.1 Å². The van der Waals surface area contributed by atoms with Crippen molar-refractivity contribution in [1.29, 1.82) is 0 Å². The van der Waals surface area contributed by atoms with E-state index in [1.54, 1.807) is 11.8 Å². The van der Waals surface area contributed by atoms with Crippen LogP contribution >= 0.6 is 11.5 Å². The summed E-state index contributed by atoms with van der Waals surface area (Å²) >= 11 is 1.05. The molecule has 1 saturated heterocycles. The normalized spacial score (nSPS) is 20.9. The first-order valence-corrected chi connectivity index (χ1v) is 9.82. The Hall–Kier alpha value is -1.80. The lowest BCUT2D eigenvalue weighted by molar-refractivity contribution is 0.0770. The van der Waals surface area contributed by atoms with Gasteiger partial charge in [-0.05, 0) is 30.4 Å². The fraction of sp³-hybridized carbons (Fsp3) is 0.400. The van der Waals surface area contributed by atoms with E-state index in [4.69, 9.17) is 0 Å². The molecule has 23 heavy (non-hydrogen) atoms. The average Bonchev–Trinajstić information content (AvgIpc) is 2.89. The molecular formula is C15H17N3O3S2. The van der Waals surface area contributed by atoms with Crippen molar-refractivity contribution in [3.63, 3.8) is 0 Å². The Kier molecular flexibility index (Phi) is 4.45. The number of nitrogens with zero attached hydrogens (tertiary/aromatic N) is 3. The van der Waals surface area contributed by atoms with Crippen LogP contribution in [0, 0.1) is 6.92 Å². The quantitative estimate of drug-likeness (QED) is 0.825. The van der Waals surface area contributed by atoms with Crippen molar-refractivity contribution in [1.82, 2.24) is 14.5 Å². The average molecular weight is 351 g/mol. The van der Waals surface area contributed by atoms with Crippen LogP contribution in [0.5, 0.6) is 0 Å². The minimum atomic E-state index is -3.28. The van der Waals surface area contributed by atoms with E-state index in [1.165, 1.54) is 0 Å². The number of amides is 1. The third-order valence-electron chi connectivity index (χ3n) is 4.04. The van der Waals surface area contributed by atoms with Crippen LogP contribution in [0.1, 0.15) is 32.6 Å². The third-order valence-corrected chi connectivity index (χ3v) is 6.99. The first-order valence-electron chi connectivity index (χ1n) is 7.34. The van der Waals surface area contributed by atoms with E-state index >= 15 is 0 Å². The molecular weight excluding hydrogens is 334 g/mol. The minimum absolute atomic E-state index is 0.0242. The summed E-state index contributed by atoms with van der Waals surface area (Å²) in [5.74, 6) is -0.203. The predicted octanol–water partition coefficient (Wildman–Crippen LogP) is 1.85. The van der Waals surface area contributed by atoms with Gasteiger partial charge in [0.2, 0.25) is 0 Å². The van der Waals surface area contributed by atoms with E-state index in [1.807, 2.05) is 30.3 Å². The summed E-state index contributed by atoms with van der Waals surface area (Å²) in [6.07, 6.45) is 0.406. The molecule has 1 atom stereocenters. The molecule has 0 N–H and O–H groups in total. The van der Waals surface area contributed by atoms with Crippen molar-refractivity contribution in [2.75, 3.05) is 18.8 Å². The van der Waals surface area contributed by atoms with Crippen molar-refractivity contribution < 1.29 is 13.2 Å². The fourth-order valence-corrected chi connectivity index (χ4v) is 5.18. The summed E-state index contributed by atoms with van der Waals surface area (Å²) in [7, 11) is -3.28. The highest BCUT2D eigenvalue weighted by Crippen LogP contribution is 2.30. The number of hydrogen-bond donors (Lipinski definition) is 0. The smallest absolute Gasteiger partial charge is 0.267 e. The zero-order valence-electron chi connectivity index (χ0n) is 12.7. The van der Waals surface area contributed by atoms with Crippen LogP contribution in [-0.2, 0) is 9.84 Å². The van der Waals surface area contributed by atoms with Gasteiger partial charge < -0.3 is 4.90 Å². The van der Waals surface area contributed by atoms with E-state index in [2.05, 4.69) is 9.59 Å². The third kappa shape index (κ3) is 3.28. The lowest BCUT2D eigenvalue weighted by atomic mass is 10.1. The van der Waals surface area contributed by atoms with Gasteiger partial charge in [0.15, 0.2) is 9.84 Å². The summed E-state index contributed by atoms with van der Waals surface area (Å²) in [6.45, 7) is 2.36. The number of aromatic nitrogens is 2. The van der Waals surface area contributed by atoms with Gasteiger partial charge >= 0.3 is 0 Å². The van der Waals surface area contributed by atoms with Crippen LogP contribution in [0.2, 0.25) is 0 Å². The molecule has 1 aromatic heterocycles. The zero-order valence-corrected chi connectivity index (χ0v) is 14.3. The maximum atomic E-state index is 12.6. The first-order chi connectivity index (χ1) is 11.0. The number of rotatable bonds is 2. The standard InChI is InChI=1S/C15H17N3O3S2/c1-11-14(22-17-16-11)15(19)18-8-7-13(23(20,21)10-9-18)12-5-3-2-4-6-12/h2-6,13H,7-10H2,1H3/t13-/m1/s1. The SMILES string of the molecule is Cc1nnsc1C(=O)N1CC[C@H](c2ccccc2)S(=O)(=O)CC1. The van der Waals surface area contributed by atoms with Crippen LogP contribution in [0.25, 0.3) is 0 Å². The van der Waals surface area contributed by atoms with Crippen LogP contribution in [-0.4, -0.2) is 47.7 Å². The highest BCUT2D eigenvalue weighted by atomic mass is 32.2. The molecule has 1 amide bonds. The van der Waals surface area contributed by atoms with E-state index in [0.717, 1.165) is 17.1 Å². The van der Waals surface area contributed by atoms with Crippen LogP contribution in [0.4, 0.5) is 0 Å². The maximum absolute atomic E-state index is 12.6. The van der Waals surface area contributed by atoms with Gasteiger partial charge in [0.1, 0.15) is 4.88 Å². The highest BCUT2D eigenvalue weighted by Gasteiger charge is 2.33. The molecule has 8 heteroatoms.